The summed E-state index contributed by atoms with van der Waals surface area (Å²) in [6.07, 6.45) is 0. The lowest BCUT2D eigenvalue weighted by Gasteiger charge is -2.05. The molecule has 13 heavy (non-hydrogen) atoms. The number of carboxylic acid groups (broad SMARTS) is 1. The van der Waals surface area contributed by atoms with Crippen LogP contribution in [0.2, 0.25) is 5.02 Å². The Labute approximate surface area is 87.5 Å². The number of benzene rings is 1. The molecule has 0 spiro atoms. The predicted octanol–water partition coefficient (Wildman–Crippen LogP) is 3.07. The largest absolute Gasteiger partial charge is 0.478 e. The van der Waals surface area contributed by atoms with Crippen LogP contribution in [0.4, 0.5) is 4.39 Å². The zero-order valence-corrected chi connectivity index (χ0v) is 8.69. The van der Waals surface area contributed by atoms with Crippen LogP contribution in [-0.2, 0) is 5.33 Å². The lowest BCUT2D eigenvalue weighted by atomic mass is 10.1. The zero-order chi connectivity index (χ0) is 10.0. The Hall–Kier alpha value is -0.610. The molecule has 0 radical (unpaired) electrons. The van der Waals surface area contributed by atoms with Crippen LogP contribution in [0.5, 0.6) is 0 Å². The summed E-state index contributed by atoms with van der Waals surface area (Å²) in [6, 6.07) is 2.37. The van der Waals surface area contributed by atoms with Gasteiger partial charge in [0.15, 0.2) is 0 Å². The maximum atomic E-state index is 13.0. The summed E-state index contributed by atoms with van der Waals surface area (Å²) in [5.41, 5.74) is -0.112. The third kappa shape index (κ3) is 2.00. The molecule has 0 amide bonds. The molecule has 1 N–H and O–H groups in total. The number of carbonyl (C=O) groups is 1. The van der Waals surface area contributed by atoms with Crippen molar-refractivity contribution in [3.63, 3.8) is 0 Å². The first-order chi connectivity index (χ1) is 6.07. The average molecular weight is 267 g/mol. The van der Waals surface area contributed by atoms with E-state index >= 15 is 0 Å². The Balaban J connectivity index is 3.43. The van der Waals surface area contributed by atoms with Gasteiger partial charge in [0, 0.05) is 10.4 Å². The van der Waals surface area contributed by atoms with Gasteiger partial charge in [-0.2, -0.15) is 0 Å². The minimum Gasteiger partial charge on any atom is -0.478 e. The fourth-order valence-corrected chi connectivity index (χ4v) is 1.92. The van der Waals surface area contributed by atoms with E-state index in [4.69, 9.17) is 16.7 Å². The molecule has 70 valence electrons. The van der Waals surface area contributed by atoms with Gasteiger partial charge in [0.1, 0.15) is 11.4 Å². The Morgan fingerprint density at radius 2 is 2.23 bits per heavy atom. The first-order valence-corrected chi connectivity index (χ1v) is 4.84. The second-order valence-electron chi connectivity index (χ2n) is 2.32. The summed E-state index contributed by atoms with van der Waals surface area (Å²) < 4.78 is 13.0. The van der Waals surface area contributed by atoms with E-state index < -0.39 is 11.8 Å². The first kappa shape index (κ1) is 10.5. The minimum atomic E-state index is -1.31. The fraction of sp³-hybridized carbons (Fsp3) is 0.125. The van der Waals surface area contributed by atoms with Gasteiger partial charge in [-0.15, -0.1) is 0 Å². The van der Waals surface area contributed by atoms with Gasteiger partial charge in [0.25, 0.3) is 0 Å². The molecule has 0 unspecified atom stereocenters. The second kappa shape index (κ2) is 4.07. The van der Waals surface area contributed by atoms with E-state index in [0.29, 0.717) is 0 Å². The van der Waals surface area contributed by atoms with Crippen molar-refractivity contribution in [2.75, 3.05) is 0 Å². The van der Waals surface area contributed by atoms with Gasteiger partial charge in [0.2, 0.25) is 0 Å². The van der Waals surface area contributed by atoms with E-state index in [1.54, 1.807) is 0 Å². The lowest BCUT2D eigenvalue weighted by Crippen LogP contribution is -2.05. The molecule has 2 nitrogen and oxygen atoms in total. The summed E-state index contributed by atoms with van der Waals surface area (Å²) >= 11 is 8.73. The molecule has 0 atom stereocenters. The summed E-state index contributed by atoms with van der Waals surface area (Å²) in [5.74, 6) is -2.08. The molecule has 0 aliphatic carbocycles. The quantitative estimate of drug-likeness (QED) is 0.836. The molecular weight excluding hydrogens is 262 g/mol. The Morgan fingerprint density at radius 1 is 1.62 bits per heavy atom. The molecule has 0 aromatic heterocycles. The predicted molar refractivity (Wildman–Crippen MR) is 51.0 cm³/mol. The van der Waals surface area contributed by atoms with Gasteiger partial charge in [-0.3, -0.25) is 0 Å². The molecule has 5 heteroatoms. The summed E-state index contributed by atoms with van der Waals surface area (Å²) in [5, 5.41) is 9.14. The first-order valence-electron chi connectivity index (χ1n) is 3.34. The maximum Gasteiger partial charge on any atom is 0.339 e. The van der Waals surface area contributed by atoms with Crippen LogP contribution in [0.3, 0.4) is 0 Å². The minimum absolute atomic E-state index is 0.214. The number of carboxylic acids is 1. The van der Waals surface area contributed by atoms with Crippen LogP contribution >= 0.6 is 27.5 Å². The van der Waals surface area contributed by atoms with E-state index in [-0.39, 0.29) is 21.5 Å². The van der Waals surface area contributed by atoms with Crippen LogP contribution in [0.15, 0.2) is 12.1 Å². The highest BCUT2D eigenvalue weighted by molar-refractivity contribution is 9.08. The summed E-state index contributed by atoms with van der Waals surface area (Å²) in [7, 11) is 0. The highest BCUT2D eigenvalue weighted by atomic mass is 79.9. The molecular formula is C8H5BrClFO2. The second-order valence-corrected chi connectivity index (χ2v) is 3.29. The van der Waals surface area contributed by atoms with Gasteiger partial charge in [-0.25, -0.2) is 9.18 Å². The fourth-order valence-electron chi connectivity index (χ4n) is 0.956. The summed E-state index contributed by atoms with van der Waals surface area (Å²) in [4.78, 5) is 10.6. The van der Waals surface area contributed by atoms with Gasteiger partial charge < -0.3 is 5.11 Å². The van der Waals surface area contributed by atoms with Crippen LogP contribution in [0.1, 0.15) is 15.9 Å². The van der Waals surface area contributed by atoms with Crippen LogP contribution in [0.25, 0.3) is 0 Å². The van der Waals surface area contributed by atoms with Crippen LogP contribution in [-0.4, -0.2) is 11.1 Å². The van der Waals surface area contributed by atoms with E-state index in [0.717, 1.165) is 6.07 Å². The van der Waals surface area contributed by atoms with Crippen molar-refractivity contribution in [3.8, 4) is 0 Å². The SMILES string of the molecule is O=C(O)c1c(F)ccc(Cl)c1CBr. The molecule has 1 aromatic rings. The van der Waals surface area contributed by atoms with Crippen molar-refractivity contribution in [1.82, 2.24) is 0 Å². The number of hydrogen-bond donors (Lipinski definition) is 1. The molecule has 1 aromatic carbocycles. The highest BCUT2D eigenvalue weighted by Crippen LogP contribution is 2.25. The molecule has 0 bridgehead atoms. The smallest absolute Gasteiger partial charge is 0.339 e. The number of aromatic carboxylic acids is 1. The van der Waals surface area contributed by atoms with Gasteiger partial charge >= 0.3 is 5.97 Å². The van der Waals surface area contributed by atoms with Crippen molar-refractivity contribution in [3.05, 3.63) is 34.1 Å². The monoisotopic (exact) mass is 266 g/mol. The number of halogens is 3. The van der Waals surface area contributed by atoms with Crippen molar-refractivity contribution in [1.29, 1.82) is 0 Å². The topological polar surface area (TPSA) is 37.3 Å². The van der Waals surface area contributed by atoms with E-state index in [1.807, 2.05) is 0 Å². The third-order valence-corrected chi connectivity index (χ3v) is 2.47. The Bertz CT molecular complexity index is 354. The molecule has 0 saturated heterocycles. The van der Waals surface area contributed by atoms with E-state index in [9.17, 15) is 9.18 Å². The highest BCUT2D eigenvalue weighted by Gasteiger charge is 2.17. The Kier molecular flexibility index (Phi) is 3.27. The average Bonchev–Trinajstić information content (AvgIpc) is 2.07. The molecule has 0 saturated carbocycles. The number of alkyl halides is 1. The van der Waals surface area contributed by atoms with Gasteiger partial charge in [-0.05, 0) is 17.7 Å². The molecule has 0 heterocycles. The third-order valence-electron chi connectivity index (χ3n) is 1.55. The van der Waals surface area contributed by atoms with Crippen LogP contribution in [0, 0.1) is 5.82 Å². The molecule has 0 fully saturated rings. The van der Waals surface area contributed by atoms with Crippen LogP contribution < -0.4 is 0 Å². The lowest BCUT2D eigenvalue weighted by molar-refractivity contribution is 0.0691. The van der Waals surface area contributed by atoms with E-state index in [1.165, 1.54) is 6.07 Å². The Morgan fingerprint density at radius 3 is 2.62 bits per heavy atom. The van der Waals surface area contributed by atoms with Crippen molar-refractivity contribution in [2.24, 2.45) is 0 Å². The molecule has 1 rings (SSSR count). The molecule has 0 aliphatic heterocycles. The van der Waals surface area contributed by atoms with Gasteiger partial charge in [0.05, 0.1) is 0 Å². The number of rotatable bonds is 2. The standard InChI is InChI=1S/C8H5BrClFO2/c9-3-4-5(10)1-2-6(11)7(4)8(12)13/h1-2H,3H2,(H,12,13). The summed E-state index contributed by atoms with van der Waals surface area (Å²) in [6.45, 7) is 0. The van der Waals surface area contributed by atoms with Crippen molar-refractivity contribution in [2.45, 2.75) is 5.33 Å². The van der Waals surface area contributed by atoms with Crippen molar-refractivity contribution >= 4 is 33.5 Å². The van der Waals surface area contributed by atoms with Crippen molar-refractivity contribution < 1.29 is 14.3 Å². The zero-order valence-electron chi connectivity index (χ0n) is 6.35. The molecule has 0 aliphatic rings. The number of hydrogen-bond acceptors (Lipinski definition) is 1. The van der Waals surface area contributed by atoms with Gasteiger partial charge in [-0.1, -0.05) is 27.5 Å². The maximum absolute atomic E-state index is 13.0. The normalized spacial score (nSPS) is 10.1. The van der Waals surface area contributed by atoms with E-state index in [2.05, 4.69) is 15.9 Å².